The molecule has 1 rings (SSSR count). The van der Waals surface area contributed by atoms with E-state index in [0.717, 1.165) is 25.2 Å². The molecule has 1 aromatic heterocycles. The minimum Gasteiger partial charge on any atom is -0.464 e. The van der Waals surface area contributed by atoms with Crippen molar-refractivity contribution in [3.63, 3.8) is 0 Å². The van der Waals surface area contributed by atoms with Crippen molar-refractivity contribution in [1.82, 2.24) is 9.55 Å². The highest BCUT2D eigenvalue weighted by Crippen LogP contribution is 2.19. The number of carbonyl (C=O) groups excluding carboxylic acids is 1. The van der Waals surface area contributed by atoms with Crippen LogP contribution >= 0.6 is 11.8 Å². The number of carbonyl (C=O) groups is 1. The summed E-state index contributed by atoms with van der Waals surface area (Å²) in [6.07, 6.45) is 3.83. The first kappa shape index (κ1) is 14.9. The average molecular weight is 271 g/mol. The van der Waals surface area contributed by atoms with Crippen molar-refractivity contribution in [2.45, 2.75) is 38.5 Å². The zero-order chi connectivity index (χ0) is 13.7. The molecule has 0 saturated carbocycles. The summed E-state index contributed by atoms with van der Waals surface area (Å²) in [4.78, 5) is 15.8. The van der Waals surface area contributed by atoms with Crippen LogP contribution in [0.3, 0.4) is 0 Å². The van der Waals surface area contributed by atoms with E-state index in [0.29, 0.717) is 11.1 Å². The van der Waals surface area contributed by atoms with Gasteiger partial charge in [-0.05, 0) is 12.7 Å². The highest BCUT2D eigenvalue weighted by molar-refractivity contribution is 7.99. The van der Waals surface area contributed by atoms with Gasteiger partial charge in [-0.25, -0.2) is 9.78 Å². The molecule has 0 aliphatic carbocycles. The summed E-state index contributed by atoms with van der Waals surface area (Å²) < 4.78 is 6.59. The van der Waals surface area contributed by atoms with Crippen molar-refractivity contribution in [3.05, 3.63) is 11.5 Å². The van der Waals surface area contributed by atoms with Crippen LogP contribution in [0.15, 0.2) is 0 Å². The molecule has 0 amide bonds. The molecule has 6 heteroatoms. The normalized spacial score (nSPS) is 12.4. The van der Waals surface area contributed by atoms with E-state index < -0.39 is 5.97 Å². The van der Waals surface area contributed by atoms with E-state index in [4.69, 9.17) is 5.73 Å². The number of nitrogens with zero attached hydrogens (tertiary/aromatic N) is 2. The number of nitrogens with two attached hydrogens (primary N) is 1. The molecule has 1 unspecified atom stereocenters. The number of imidazole rings is 1. The fourth-order valence-corrected chi connectivity index (χ4v) is 2.05. The maximum Gasteiger partial charge on any atom is 0.360 e. The summed E-state index contributed by atoms with van der Waals surface area (Å²) in [5.41, 5.74) is 6.20. The molecular weight excluding hydrogens is 250 g/mol. The van der Waals surface area contributed by atoms with Crippen molar-refractivity contribution in [1.29, 1.82) is 0 Å². The minimum atomic E-state index is -0.473. The molecule has 0 radical (unpaired) electrons. The summed E-state index contributed by atoms with van der Waals surface area (Å²) in [6, 6.07) is 0. The van der Waals surface area contributed by atoms with Crippen LogP contribution in [-0.4, -0.2) is 34.1 Å². The molecule has 102 valence electrons. The van der Waals surface area contributed by atoms with E-state index in [1.54, 1.807) is 0 Å². The molecule has 0 aromatic carbocycles. The molecule has 18 heavy (non-hydrogen) atoms. The van der Waals surface area contributed by atoms with Gasteiger partial charge in [-0.2, -0.15) is 11.8 Å². The summed E-state index contributed by atoms with van der Waals surface area (Å²) in [6.45, 7) is 4.95. The first-order valence-electron chi connectivity index (χ1n) is 6.01. The number of methoxy groups -OCH3 is 1. The third kappa shape index (κ3) is 3.19. The van der Waals surface area contributed by atoms with E-state index in [-0.39, 0.29) is 5.69 Å². The van der Waals surface area contributed by atoms with Crippen LogP contribution in [0, 0.1) is 0 Å². The molecule has 0 aliphatic rings. The number of esters is 1. The average Bonchev–Trinajstić information content (AvgIpc) is 2.71. The Morgan fingerprint density at radius 2 is 2.28 bits per heavy atom. The summed E-state index contributed by atoms with van der Waals surface area (Å²) in [7, 11) is 1.34. The lowest BCUT2D eigenvalue weighted by Crippen LogP contribution is -2.11. The van der Waals surface area contributed by atoms with Crippen LogP contribution in [-0.2, 0) is 17.7 Å². The van der Waals surface area contributed by atoms with Gasteiger partial charge < -0.3 is 15.0 Å². The van der Waals surface area contributed by atoms with E-state index in [2.05, 4.69) is 22.9 Å². The summed E-state index contributed by atoms with van der Waals surface area (Å²) in [5.74, 6) is 0.770. The van der Waals surface area contributed by atoms with Crippen molar-refractivity contribution in [2.24, 2.45) is 0 Å². The van der Waals surface area contributed by atoms with Gasteiger partial charge in [0.15, 0.2) is 5.69 Å². The first-order valence-corrected chi connectivity index (χ1v) is 7.29. The predicted octanol–water partition coefficient (Wildman–Crippen LogP) is 1.96. The molecule has 1 atom stereocenters. The second kappa shape index (κ2) is 6.68. The molecule has 0 saturated heterocycles. The van der Waals surface area contributed by atoms with E-state index in [1.165, 1.54) is 7.11 Å². The molecule has 0 spiro atoms. The monoisotopic (exact) mass is 271 g/mol. The van der Waals surface area contributed by atoms with E-state index >= 15 is 0 Å². The minimum absolute atomic E-state index is 0.228. The zero-order valence-corrected chi connectivity index (χ0v) is 12.2. The summed E-state index contributed by atoms with van der Waals surface area (Å²) >= 11 is 1.81. The Morgan fingerprint density at radius 1 is 1.61 bits per heavy atom. The fraction of sp³-hybridized carbons (Fsp3) is 0.667. The number of nitrogen functional groups attached to an aromatic ring is 1. The second-order valence-corrected chi connectivity index (χ2v) is 5.37. The SMILES string of the molecule is CCc1nc(C(=O)OC)c(N)n1CCC(C)SC. The maximum atomic E-state index is 11.5. The summed E-state index contributed by atoms with van der Waals surface area (Å²) in [5, 5.41) is 0.554. The maximum absolute atomic E-state index is 11.5. The van der Waals surface area contributed by atoms with Gasteiger partial charge in [0.1, 0.15) is 11.6 Å². The molecule has 0 bridgehead atoms. The van der Waals surface area contributed by atoms with Crippen molar-refractivity contribution in [2.75, 3.05) is 19.1 Å². The molecule has 5 nitrogen and oxygen atoms in total. The van der Waals surface area contributed by atoms with Gasteiger partial charge in [-0.15, -0.1) is 0 Å². The lowest BCUT2D eigenvalue weighted by Gasteiger charge is -2.12. The molecule has 0 fully saturated rings. The van der Waals surface area contributed by atoms with Crippen LogP contribution in [0.25, 0.3) is 0 Å². The number of anilines is 1. The Kier molecular flexibility index (Phi) is 5.53. The van der Waals surface area contributed by atoms with Crippen LogP contribution in [0.4, 0.5) is 5.82 Å². The van der Waals surface area contributed by atoms with Gasteiger partial charge in [-0.3, -0.25) is 0 Å². The third-order valence-electron chi connectivity index (χ3n) is 2.94. The van der Waals surface area contributed by atoms with Gasteiger partial charge in [0, 0.05) is 18.2 Å². The molecule has 0 aliphatic heterocycles. The highest BCUT2D eigenvalue weighted by Gasteiger charge is 2.20. The molecule has 1 heterocycles. The molecule has 2 N–H and O–H groups in total. The van der Waals surface area contributed by atoms with Gasteiger partial charge in [-0.1, -0.05) is 13.8 Å². The molecule has 1 aromatic rings. The van der Waals surface area contributed by atoms with E-state index in [1.807, 2.05) is 23.3 Å². The van der Waals surface area contributed by atoms with Crippen LogP contribution in [0.1, 0.15) is 36.6 Å². The van der Waals surface area contributed by atoms with Gasteiger partial charge in [0.25, 0.3) is 0 Å². The molecular formula is C12H21N3O2S. The lowest BCUT2D eigenvalue weighted by atomic mass is 10.3. The van der Waals surface area contributed by atoms with Crippen LogP contribution < -0.4 is 5.73 Å². The van der Waals surface area contributed by atoms with Crippen molar-refractivity contribution < 1.29 is 9.53 Å². The highest BCUT2D eigenvalue weighted by atomic mass is 32.2. The van der Waals surface area contributed by atoms with Crippen molar-refractivity contribution >= 4 is 23.5 Å². The van der Waals surface area contributed by atoms with E-state index in [9.17, 15) is 4.79 Å². The Bertz CT molecular complexity index is 418. The van der Waals surface area contributed by atoms with Crippen LogP contribution in [0.5, 0.6) is 0 Å². The second-order valence-electron chi connectivity index (χ2n) is 4.09. The topological polar surface area (TPSA) is 70.1 Å². The fourth-order valence-electron chi connectivity index (χ4n) is 1.71. The lowest BCUT2D eigenvalue weighted by molar-refractivity contribution is 0.0595. The standard InChI is InChI=1S/C12H21N3O2S/c1-5-9-14-10(12(16)17-3)11(13)15(9)7-6-8(2)18-4/h8H,5-7,13H2,1-4H3. The Balaban J connectivity index is 2.95. The quantitative estimate of drug-likeness (QED) is 0.801. The number of hydrogen-bond acceptors (Lipinski definition) is 5. The third-order valence-corrected chi connectivity index (χ3v) is 3.98. The zero-order valence-electron chi connectivity index (χ0n) is 11.4. The Morgan fingerprint density at radius 3 is 2.78 bits per heavy atom. The predicted molar refractivity (Wildman–Crippen MR) is 75.0 cm³/mol. The van der Waals surface area contributed by atoms with Gasteiger partial charge in [0.05, 0.1) is 7.11 Å². The largest absolute Gasteiger partial charge is 0.464 e. The smallest absolute Gasteiger partial charge is 0.360 e. The number of aromatic nitrogens is 2. The van der Waals surface area contributed by atoms with Crippen LogP contribution in [0.2, 0.25) is 0 Å². The first-order chi connectivity index (χ1) is 8.54. The number of aryl methyl sites for hydroxylation is 1. The number of thioether (sulfide) groups is 1. The number of rotatable bonds is 6. The Hall–Kier alpha value is -1.17. The van der Waals surface area contributed by atoms with Crippen molar-refractivity contribution in [3.8, 4) is 0 Å². The van der Waals surface area contributed by atoms with Gasteiger partial charge >= 0.3 is 5.97 Å². The number of ether oxygens (including phenoxy) is 1. The number of hydrogen-bond donors (Lipinski definition) is 1. The Labute approximate surface area is 112 Å². The van der Waals surface area contributed by atoms with Gasteiger partial charge in [0.2, 0.25) is 0 Å².